The lowest BCUT2D eigenvalue weighted by Gasteiger charge is -2.06. The lowest BCUT2D eigenvalue weighted by atomic mass is 10.1. The van der Waals surface area contributed by atoms with Crippen LogP contribution in [0.3, 0.4) is 0 Å². The summed E-state index contributed by atoms with van der Waals surface area (Å²) >= 11 is 0. The van der Waals surface area contributed by atoms with Crippen molar-refractivity contribution in [3.8, 4) is 22.6 Å². The van der Waals surface area contributed by atoms with Gasteiger partial charge in [0.2, 0.25) is 0 Å². The molecule has 2 aromatic heterocycles. The van der Waals surface area contributed by atoms with E-state index < -0.39 is 0 Å². The molecule has 0 fully saturated rings. The third-order valence-electron chi connectivity index (χ3n) is 4.12. The van der Waals surface area contributed by atoms with E-state index in [1.807, 2.05) is 48.5 Å². The van der Waals surface area contributed by atoms with Gasteiger partial charge in [0.25, 0.3) is 0 Å². The molecule has 0 aliphatic heterocycles. The van der Waals surface area contributed by atoms with E-state index in [-0.39, 0.29) is 5.84 Å². The highest BCUT2D eigenvalue weighted by molar-refractivity contribution is 5.96. The molecule has 2 aromatic carbocycles. The number of benzene rings is 2. The molecule has 0 saturated heterocycles. The van der Waals surface area contributed by atoms with Crippen molar-refractivity contribution >= 4 is 16.9 Å². The van der Waals surface area contributed by atoms with Gasteiger partial charge in [0, 0.05) is 22.9 Å². The van der Waals surface area contributed by atoms with E-state index in [9.17, 15) is 5.21 Å². The molecule has 0 aliphatic rings. The van der Waals surface area contributed by atoms with Gasteiger partial charge in [-0.25, -0.2) is 4.98 Å². The molecule has 4 rings (SSSR count). The molecule has 7 heteroatoms. The summed E-state index contributed by atoms with van der Waals surface area (Å²) in [5.74, 6) is 0.466. The Morgan fingerprint density at radius 3 is 2.54 bits per heavy atom. The van der Waals surface area contributed by atoms with Gasteiger partial charge in [0.15, 0.2) is 11.7 Å². The summed E-state index contributed by atoms with van der Waals surface area (Å²) in [5.41, 5.74) is 9.81. The zero-order valence-electron chi connectivity index (χ0n) is 13.6. The van der Waals surface area contributed by atoms with E-state index in [0.29, 0.717) is 16.9 Å². The number of hydrogen-bond donors (Lipinski definition) is 3. The predicted molar refractivity (Wildman–Crippen MR) is 98.1 cm³/mol. The maximum Gasteiger partial charge on any atom is 0.176 e. The minimum Gasteiger partial charge on any atom is -0.426 e. The number of nitrogens with two attached hydrogens (primary N) is 1. The van der Waals surface area contributed by atoms with Crippen LogP contribution in [0.4, 0.5) is 0 Å². The predicted octanol–water partition coefficient (Wildman–Crippen LogP) is 3.10. The number of amidine groups is 1. The third-order valence-corrected chi connectivity index (χ3v) is 4.12. The lowest BCUT2D eigenvalue weighted by Crippen LogP contribution is -2.13. The molecule has 26 heavy (non-hydrogen) atoms. The lowest BCUT2D eigenvalue weighted by molar-refractivity contribution is 0.203. The summed E-state index contributed by atoms with van der Waals surface area (Å²) in [6, 6.07) is 18.5. The van der Waals surface area contributed by atoms with Gasteiger partial charge in [-0.3, -0.25) is 4.98 Å². The average molecular weight is 345 g/mol. The first kappa shape index (κ1) is 15.6. The van der Waals surface area contributed by atoms with Crippen LogP contribution in [-0.4, -0.2) is 30.9 Å². The first-order chi connectivity index (χ1) is 12.7. The van der Waals surface area contributed by atoms with Crippen LogP contribution in [0, 0.1) is 0 Å². The van der Waals surface area contributed by atoms with Crippen molar-refractivity contribution in [1.82, 2.24) is 14.7 Å². The highest BCUT2D eigenvalue weighted by atomic mass is 16.5. The third kappa shape index (κ3) is 2.61. The number of para-hydroxylation sites is 2. The summed E-state index contributed by atoms with van der Waals surface area (Å²) in [4.78, 5) is 8.85. The summed E-state index contributed by atoms with van der Waals surface area (Å²) in [6.07, 6.45) is 1.54. The molecule has 7 nitrogen and oxygen atoms in total. The second-order valence-electron chi connectivity index (χ2n) is 5.73. The summed E-state index contributed by atoms with van der Waals surface area (Å²) in [7, 11) is 0. The van der Waals surface area contributed by atoms with Crippen LogP contribution in [0.2, 0.25) is 0 Å². The molecule has 0 saturated carbocycles. The van der Waals surface area contributed by atoms with Crippen LogP contribution in [0.25, 0.3) is 33.7 Å². The Balaban J connectivity index is 1.76. The fraction of sp³-hybridized carbons (Fsp3) is 0. The van der Waals surface area contributed by atoms with Crippen molar-refractivity contribution in [3.05, 3.63) is 72.4 Å². The fourth-order valence-corrected chi connectivity index (χ4v) is 2.79. The van der Waals surface area contributed by atoms with Gasteiger partial charge in [-0.1, -0.05) is 35.5 Å². The smallest absolute Gasteiger partial charge is 0.176 e. The number of oxime groups is 1. The molecule has 0 spiro atoms. The van der Waals surface area contributed by atoms with Gasteiger partial charge in [0.1, 0.15) is 5.52 Å². The largest absolute Gasteiger partial charge is 0.426 e. The van der Waals surface area contributed by atoms with Gasteiger partial charge in [-0.05, 0) is 30.3 Å². The van der Waals surface area contributed by atoms with Crippen LogP contribution >= 0.6 is 0 Å². The summed E-state index contributed by atoms with van der Waals surface area (Å²) in [5, 5.41) is 22.1. The second-order valence-corrected chi connectivity index (χ2v) is 5.73. The van der Waals surface area contributed by atoms with Crippen molar-refractivity contribution in [2.24, 2.45) is 10.9 Å². The number of imidazole rings is 1. The fourth-order valence-electron chi connectivity index (χ4n) is 2.79. The van der Waals surface area contributed by atoms with Gasteiger partial charge in [-0.15, -0.1) is 0 Å². The zero-order chi connectivity index (χ0) is 18.1. The molecule has 0 atom stereocenters. The molecule has 0 amide bonds. The first-order valence-corrected chi connectivity index (χ1v) is 7.89. The Morgan fingerprint density at radius 2 is 1.81 bits per heavy atom. The maximum atomic E-state index is 10.4. The van der Waals surface area contributed by atoms with Crippen molar-refractivity contribution in [2.45, 2.75) is 0 Å². The standard InChI is InChI=1S/C19H15N5O2/c20-18(23-25)14-8-9-15(21-11-14)12-4-3-5-13(10-12)19-22-16-6-1-2-7-17(16)24(19)26/h1-11,25-26H,(H2,20,23). The van der Waals surface area contributed by atoms with Crippen molar-refractivity contribution in [3.63, 3.8) is 0 Å². The highest BCUT2D eigenvalue weighted by Gasteiger charge is 2.12. The van der Waals surface area contributed by atoms with E-state index >= 15 is 0 Å². The number of rotatable bonds is 3. The number of aromatic nitrogens is 3. The van der Waals surface area contributed by atoms with Crippen LogP contribution < -0.4 is 5.73 Å². The zero-order valence-corrected chi connectivity index (χ0v) is 13.6. The Hall–Kier alpha value is -3.87. The summed E-state index contributed by atoms with van der Waals surface area (Å²) < 4.78 is 1.09. The van der Waals surface area contributed by atoms with Gasteiger partial charge >= 0.3 is 0 Å². The quantitative estimate of drug-likeness (QED) is 0.174. The highest BCUT2D eigenvalue weighted by Crippen LogP contribution is 2.27. The van der Waals surface area contributed by atoms with Gasteiger partial charge in [-0.2, -0.15) is 4.73 Å². The molecule has 4 N–H and O–H groups in total. The minimum absolute atomic E-state index is 0.00630. The Morgan fingerprint density at radius 1 is 1.00 bits per heavy atom. The van der Waals surface area contributed by atoms with Gasteiger partial charge in [0.05, 0.1) is 11.2 Å². The van der Waals surface area contributed by atoms with E-state index in [1.54, 1.807) is 18.3 Å². The number of hydrogen-bond acceptors (Lipinski definition) is 5. The molecule has 0 unspecified atom stereocenters. The number of nitrogens with zero attached hydrogens (tertiary/aromatic N) is 4. The Labute approximate surface area is 148 Å². The molecule has 0 radical (unpaired) electrons. The second kappa shape index (κ2) is 6.21. The molecule has 128 valence electrons. The average Bonchev–Trinajstić information content (AvgIpc) is 3.04. The minimum atomic E-state index is 0.00630. The van der Waals surface area contributed by atoms with E-state index in [0.717, 1.165) is 27.1 Å². The normalized spacial score (nSPS) is 11.8. The van der Waals surface area contributed by atoms with E-state index in [4.69, 9.17) is 10.9 Å². The Kier molecular flexibility index (Phi) is 3.74. The van der Waals surface area contributed by atoms with Crippen molar-refractivity contribution < 1.29 is 10.4 Å². The molecule has 4 aromatic rings. The van der Waals surface area contributed by atoms with Crippen LogP contribution in [-0.2, 0) is 0 Å². The van der Waals surface area contributed by atoms with E-state index in [2.05, 4.69) is 15.1 Å². The molecular weight excluding hydrogens is 330 g/mol. The van der Waals surface area contributed by atoms with E-state index in [1.165, 1.54) is 0 Å². The Bertz CT molecular complexity index is 1120. The molecule has 0 aliphatic carbocycles. The SMILES string of the molecule is N/C(=N\O)c1ccc(-c2cccc(-c3nc4ccccc4n3O)c2)nc1. The van der Waals surface area contributed by atoms with Crippen molar-refractivity contribution in [1.29, 1.82) is 0 Å². The first-order valence-electron chi connectivity index (χ1n) is 7.89. The number of fused-ring (bicyclic) bond motifs is 1. The van der Waals surface area contributed by atoms with Gasteiger partial charge < -0.3 is 16.1 Å². The van der Waals surface area contributed by atoms with Crippen molar-refractivity contribution in [2.75, 3.05) is 0 Å². The maximum absolute atomic E-state index is 10.4. The molecular formula is C19H15N5O2. The van der Waals surface area contributed by atoms with Crippen LogP contribution in [0.5, 0.6) is 0 Å². The van der Waals surface area contributed by atoms with Crippen LogP contribution in [0.1, 0.15) is 5.56 Å². The molecule has 2 heterocycles. The topological polar surface area (TPSA) is 110 Å². The molecule has 0 bridgehead atoms. The van der Waals surface area contributed by atoms with Crippen LogP contribution in [0.15, 0.2) is 72.0 Å². The monoisotopic (exact) mass is 345 g/mol. The number of pyridine rings is 1. The summed E-state index contributed by atoms with van der Waals surface area (Å²) in [6.45, 7) is 0.